The number of hydrogen-bond donors (Lipinski definition) is 2. The van der Waals surface area contributed by atoms with Crippen LogP contribution in [0.3, 0.4) is 0 Å². The van der Waals surface area contributed by atoms with Crippen molar-refractivity contribution in [3.63, 3.8) is 0 Å². The van der Waals surface area contributed by atoms with E-state index in [0.717, 1.165) is 19.3 Å². The Morgan fingerprint density at radius 2 is 1.47 bits per heavy atom. The van der Waals surface area contributed by atoms with Gasteiger partial charge in [0.15, 0.2) is 0 Å². The molecule has 0 unspecified atom stereocenters. The Bertz CT molecular complexity index is 268. The van der Waals surface area contributed by atoms with Crippen LogP contribution in [0, 0.1) is 5.41 Å². The number of unbranched alkanes of at least 4 members (excludes halogenated alkanes) is 2. The first kappa shape index (κ1) is 23.3. The molecular formula is C14H26CuO4. The molecule has 0 bridgehead atoms. The zero-order valence-electron chi connectivity index (χ0n) is 12.3. The van der Waals surface area contributed by atoms with Gasteiger partial charge < -0.3 is 10.2 Å². The molecule has 0 aliphatic heterocycles. The third-order valence-electron chi connectivity index (χ3n) is 2.18. The average Bonchev–Trinajstić information content (AvgIpc) is 2.15. The van der Waals surface area contributed by atoms with Crippen LogP contribution in [-0.2, 0) is 26.7 Å². The van der Waals surface area contributed by atoms with Crippen LogP contribution < -0.4 is 0 Å². The number of hydrogen-bond acceptors (Lipinski definition) is 2. The fourth-order valence-corrected chi connectivity index (χ4v) is 1.11. The van der Waals surface area contributed by atoms with E-state index in [1.165, 1.54) is 13.3 Å². The molecule has 0 heterocycles. The smallest absolute Gasteiger partial charge is 0.330 e. The summed E-state index contributed by atoms with van der Waals surface area (Å²) in [6.07, 6.45) is 4.53. The zero-order valence-corrected chi connectivity index (χ0v) is 13.2. The molecule has 0 aromatic carbocycles. The summed E-state index contributed by atoms with van der Waals surface area (Å²) in [7, 11) is 0. The van der Waals surface area contributed by atoms with E-state index in [4.69, 9.17) is 10.2 Å². The van der Waals surface area contributed by atoms with Crippen LogP contribution in [-0.4, -0.2) is 22.2 Å². The standard InChI is InChI=1S/C10H20O2.C4H6O2.Cu/c1-10(2,3)8-6-4-5-7-9(11)12;1-3(2)4(5)6;/h4-8H2,1-3H3,(H,11,12);1H2,2H3,(H,5,6);. The summed E-state index contributed by atoms with van der Waals surface area (Å²) in [5.74, 6) is -1.61. The molecule has 0 fully saturated rings. The van der Waals surface area contributed by atoms with Crippen molar-refractivity contribution >= 4 is 11.9 Å². The van der Waals surface area contributed by atoms with Crippen molar-refractivity contribution in [3.8, 4) is 0 Å². The average molecular weight is 322 g/mol. The summed E-state index contributed by atoms with van der Waals surface area (Å²) >= 11 is 0. The second-order valence-electron chi connectivity index (χ2n) is 5.60. The molecule has 5 heteroatoms. The maximum atomic E-state index is 10.2. The van der Waals surface area contributed by atoms with Gasteiger partial charge in [0.05, 0.1) is 0 Å². The van der Waals surface area contributed by atoms with Crippen LogP contribution in [0.5, 0.6) is 0 Å². The zero-order chi connectivity index (χ0) is 14.8. The Balaban J connectivity index is -0.000000313. The molecular weight excluding hydrogens is 296 g/mol. The molecule has 0 spiro atoms. The molecule has 0 aromatic heterocycles. The van der Waals surface area contributed by atoms with Gasteiger partial charge in [-0.05, 0) is 25.2 Å². The van der Waals surface area contributed by atoms with E-state index in [-0.39, 0.29) is 22.6 Å². The Labute approximate surface area is 126 Å². The summed E-state index contributed by atoms with van der Waals surface area (Å²) in [4.78, 5) is 19.8. The van der Waals surface area contributed by atoms with Gasteiger partial charge in [-0.15, -0.1) is 0 Å². The van der Waals surface area contributed by atoms with E-state index in [0.29, 0.717) is 11.8 Å². The summed E-state index contributed by atoms with van der Waals surface area (Å²) in [5, 5.41) is 16.3. The second-order valence-corrected chi connectivity index (χ2v) is 5.60. The molecule has 0 aliphatic rings. The molecule has 0 rings (SSSR count). The maximum Gasteiger partial charge on any atom is 0.330 e. The van der Waals surface area contributed by atoms with E-state index in [9.17, 15) is 9.59 Å². The van der Waals surface area contributed by atoms with E-state index in [2.05, 4.69) is 27.4 Å². The van der Waals surface area contributed by atoms with Gasteiger partial charge in [0.2, 0.25) is 0 Å². The van der Waals surface area contributed by atoms with Gasteiger partial charge in [0.1, 0.15) is 0 Å². The van der Waals surface area contributed by atoms with Crippen molar-refractivity contribution in [3.05, 3.63) is 12.2 Å². The SMILES string of the molecule is C=C(C)C(=O)O.CC(C)(C)CCCCCC(=O)O.[Cu]. The summed E-state index contributed by atoms with van der Waals surface area (Å²) < 4.78 is 0. The van der Waals surface area contributed by atoms with Crippen LogP contribution >= 0.6 is 0 Å². The summed E-state index contributed by atoms with van der Waals surface area (Å²) in [5.41, 5.74) is 0.568. The van der Waals surface area contributed by atoms with E-state index in [1.807, 2.05) is 0 Å². The molecule has 117 valence electrons. The minimum Gasteiger partial charge on any atom is -0.481 e. The minimum atomic E-state index is -0.935. The largest absolute Gasteiger partial charge is 0.481 e. The molecule has 0 amide bonds. The molecule has 0 saturated carbocycles. The minimum absolute atomic E-state index is 0. The number of carbonyl (C=O) groups is 2. The van der Waals surface area contributed by atoms with Crippen LogP contribution in [0.2, 0.25) is 0 Å². The quantitative estimate of drug-likeness (QED) is 0.444. The summed E-state index contributed by atoms with van der Waals surface area (Å²) in [6, 6.07) is 0. The van der Waals surface area contributed by atoms with E-state index < -0.39 is 11.9 Å². The molecule has 0 aromatic rings. The molecule has 4 nitrogen and oxygen atoms in total. The summed E-state index contributed by atoms with van der Waals surface area (Å²) in [6.45, 7) is 11.2. The molecule has 0 saturated heterocycles. The Kier molecular flexibility index (Phi) is 15.0. The van der Waals surface area contributed by atoms with Crippen molar-refractivity contribution in [1.29, 1.82) is 0 Å². The van der Waals surface area contributed by atoms with Gasteiger partial charge in [0, 0.05) is 29.1 Å². The Morgan fingerprint density at radius 1 is 1.05 bits per heavy atom. The third kappa shape index (κ3) is 26.7. The molecule has 0 aliphatic carbocycles. The second kappa shape index (κ2) is 12.2. The van der Waals surface area contributed by atoms with Crippen LogP contribution in [0.15, 0.2) is 12.2 Å². The van der Waals surface area contributed by atoms with Gasteiger partial charge in [0.25, 0.3) is 0 Å². The molecule has 1 radical (unpaired) electrons. The maximum absolute atomic E-state index is 10.2. The number of aliphatic carboxylic acids is 2. The first-order valence-electron chi connectivity index (χ1n) is 6.17. The Morgan fingerprint density at radius 3 is 1.74 bits per heavy atom. The van der Waals surface area contributed by atoms with Crippen LogP contribution in [0.4, 0.5) is 0 Å². The Hall–Kier alpha value is -0.801. The normalized spacial score (nSPS) is 9.68. The van der Waals surface area contributed by atoms with E-state index >= 15 is 0 Å². The van der Waals surface area contributed by atoms with Gasteiger partial charge in [-0.1, -0.05) is 40.2 Å². The van der Waals surface area contributed by atoms with Crippen LogP contribution in [0.25, 0.3) is 0 Å². The van der Waals surface area contributed by atoms with Crippen molar-refractivity contribution < 1.29 is 36.9 Å². The number of rotatable bonds is 6. The fraction of sp³-hybridized carbons (Fsp3) is 0.714. The first-order chi connectivity index (χ1) is 8.06. The van der Waals surface area contributed by atoms with E-state index in [1.54, 1.807) is 0 Å². The third-order valence-corrected chi connectivity index (χ3v) is 2.18. The molecule has 2 N–H and O–H groups in total. The number of carboxylic acids is 2. The monoisotopic (exact) mass is 321 g/mol. The van der Waals surface area contributed by atoms with Gasteiger partial charge >= 0.3 is 11.9 Å². The fourth-order valence-electron chi connectivity index (χ4n) is 1.11. The van der Waals surface area contributed by atoms with Crippen molar-refractivity contribution in [2.75, 3.05) is 0 Å². The van der Waals surface area contributed by atoms with Crippen LogP contribution in [0.1, 0.15) is 59.8 Å². The van der Waals surface area contributed by atoms with Crippen molar-refractivity contribution in [2.24, 2.45) is 5.41 Å². The predicted octanol–water partition coefficient (Wildman–Crippen LogP) is 3.71. The molecule has 0 atom stereocenters. The van der Waals surface area contributed by atoms with Gasteiger partial charge in [-0.2, -0.15) is 0 Å². The van der Waals surface area contributed by atoms with Gasteiger partial charge in [-0.3, -0.25) is 4.79 Å². The van der Waals surface area contributed by atoms with Crippen molar-refractivity contribution in [1.82, 2.24) is 0 Å². The number of carboxylic acid groups (broad SMARTS) is 2. The molecule has 19 heavy (non-hydrogen) atoms. The van der Waals surface area contributed by atoms with Crippen molar-refractivity contribution in [2.45, 2.75) is 59.8 Å². The first-order valence-corrected chi connectivity index (χ1v) is 6.17. The predicted molar refractivity (Wildman–Crippen MR) is 72.6 cm³/mol. The topological polar surface area (TPSA) is 74.6 Å². The van der Waals surface area contributed by atoms with Gasteiger partial charge in [-0.25, -0.2) is 4.79 Å².